The predicted molar refractivity (Wildman–Crippen MR) is 135 cm³/mol. The van der Waals surface area contributed by atoms with Crippen molar-refractivity contribution in [3.05, 3.63) is 101 Å². The van der Waals surface area contributed by atoms with Crippen molar-refractivity contribution >= 4 is 11.9 Å². The molecule has 4 aromatic rings. The Morgan fingerprint density at radius 3 is 2.19 bits per heavy atom. The van der Waals surface area contributed by atoms with Crippen LogP contribution in [0.25, 0.3) is 22.5 Å². The molecule has 3 aromatic carbocycles. The number of rotatable bonds is 8. The molecule has 0 saturated heterocycles. The van der Waals surface area contributed by atoms with Gasteiger partial charge in [-0.2, -0.15) is 0 Å². The van der Waals surface area contributed by atoms with Crippen molar-refractivity contribution < 1.29 is 24.0 Å². The minimum atomic E-state index is -0.753. The van der Waals surface area contributed by atoms with Crippen LogP contribution in [-0.2, 0) is 32.8 Å². The third-order valence-electron chi connectivity index (χ3n) is 6.87. The van der Waals surface area contributed by atoms with Crippen molar-refractivity contribution in [2.75, 3.05) is 0 Å². The van der Waals surface area contributed by atoms with Crippen molar-refractivity contribution in [3.8, 4) is 22.5 Å². The molecule has 182 valence electrons. The molecule has 1 aromatic heterocycles. The van der Waals surface area contributed by atoms with Gasteiger partial charge in [0.25, 0.3) is 0 Å². The van der Waals surface area contributed by atoms with Crippen LogP contribution in [0.5, 0.6) is 0 Å². The van der Waals surface area contributed by atoms with E-state index in [1.807, 2.05) is 86.6 Å². The average molecular weight is 482 g/mol. The van der Waals surface area contributed by atoms with E-state index in [2.05, 4.69) is 5.16 Å². The van der Waals surface area contributed by atoms with Gasteiger partial charge in [-0.3, -0.25) is 9.59 Å². The zero-order chi connectivity index (χ0) is 25.3. The second kappa shape index (κ2) is 9.46. The molecule has 0 radical (unpaired) electrons. The number of aliphatic carboxylic acids is 1. The van der Waals surface area contributed by atoms with Crippen LogP contribution in [0.15, 0.2) is 77.3 Å². The molecule has 6 nitrogen and oxygen atoms in total. The lowest BCUT2D eigenvalue weighted by molar-refractivity contribution is -0.144. The number of benzene rings is 3. The number of hydrogen-bond donors (Lipinski definition) is 1. The van der Waals surface area contributed by atoms with Crippen LogP contribution >= 0.6 is 0 Å². The fourth-order valence-electron chi connectivity index (χ4n) is 4.53. The van der Waals surface area contributed by atoms with Gasteiger partial charge in [0.2, 0.25) is 0 Å². The summed E-state index contributed by atoms with van der Waals surface area (Å²) in [6.45, 7) is 4.04. The highest BCUT2D eigenvalue weighted by atomic mass is 16.5. The number of carbonyl (C=O) groups is 2. The van der Waals surface area contributed by atoms with Gasteiger partial charge in [0.05, 0.1) is 17.5 Å². The van der Waals surface area contributed by atoms with Crippen molar-refractivity contribution in [3.63, 3.8) is 0 Å². The zero-order valence-electron chi connectivity index (χ0n) is 20.3. The summed E-state index contributed by atoms with van der Waals surface area (Å²) < 4.78 is 11.1. The molecule has 5 rings (SSSR count). The minimum absolute atomic E-state index is 0.0744. The molecular formula is C30H27NO5. The van der Waals surface area contributed by atoms with Crippen LogP contribution in [0.3, 0.4) is 0 Å². The van der Waals surface area contributed by atoms with E-state index in [0.29, 0.717) is 29.9 Å². The van der Waals surface area contributed by atoms with Crippen LogP contribution in [0, 0.1) is 13.8 Å². The lowest BCUT2D eigenvalue weighted by Crippen LogP contribution is -2.19. The summed E-state index contributed by atoms with van der Waals surface area (Å²) in [6.07, 6.45) is 1.45. The monoisotopic (exact) mass is 481 g/mol. The van der Waals surface area contributed by atoms with Gasteiger partial charge in [0.1, 0.15) is 6.61 Å². The van der Waals surface area contributed by atoms with Crippen LogP contribution < -0.4 is 0 Å². The highest BCUT2D eigenvalue weighted by Gasteiger charge is 2.51. The lowest BCUT2D eigenvalue weighted by atomic mass is 9.93. The number of aromatic nitrogens is 1. The number of carboxylic acids is 1. The normalized spacial score (nSPS) is 13.8. The van der Waals surface area contributed by atoms with Crippen molar-refractivity contribution in [2.24, 2.45) is 0 Å². The smallest absolute Gasteiger partial charge is 0.314 e. The van der Waals surface area contributed by atoms with E-state index in [0.717, 1.165) is 33.4 Å². The molecule has 6 heteroatoms. The standard InChI is InChI=1S/C30H27NO5/c1-19-4-3-5-21(16-19)18-35-27(32)17-26-20(2)31-36-28(26)24-8-6-22(7-9-24)23-10-12-25(13-11-23)30(14-15-30)29(33)34/h3-13,16H,14-15,17-18H2,1-2H3,(H,33,34). The molecule has 1 aliphatic rings. The van der Waals surface area contributed by atoms with Gasteiger partial charge < -0.3 is 14.4 Å². The molecule has 0 atom stereocenters. The minimum Gasteiger partial charge on any atom is -0.481 e. The number of carbonyl (C=O) groups excluding carboxylic acids is 1. The Bertz CT molecular complexity index is 1410. The maximum Gasteiger partial charge on any atom is 0.314 e. The summed E-state index contributed by atoms with van der Waals surface area (Å²) in [5.41, 5.74) is 6.41. The molecule has 0 spiro atoms. The highest BCUT2D eigenvalue weighted by Crippen LogP contribution is 2.48. The summed E-state index contributed by atoms with van der Waals surface area (Å²) in [6, 6.07) is 23.4. The maximum atomic E-state index is 12.6. The largest absolute Gasteiger partial charge is 0.481 e. The molecule has 0 amide bonds. The van der Waals surface area contributed by atoms with Gasteiger partial charge in [0.15, 0.2) is 5.76 Å². The van der Waals surface area contributed by atoms with Crippen LogP contribution in [0.2, 0.25) is 0 Å². The SMILES string of the molecule is Cc1cccc(COC(=O)Cc2c(C)noc2-c2ccc(-c3ccc(C4(C(=O)O)CC4)cc3)cc2)c1. The third kappa shape index (κ3) is 4.67. The molecule has 1 saturated carbocycles. The number of esters is 1. The fraction of sp³-hybridized carbons (Fsp3) is 0.233. The van der Waals surface area contributed by atoms with Gasteiger partial charge >= 0.3 is 11.9 Å². The van der Waals surface area contributed by atoms with Crippen LogP contribution in [0.4, 0.5) is 0 Å². The van der Waals surface area contributed by atoms with Gasteiger partial charge in [-0.25, -0.2) is 0 Å². The summed E-state index contributed by atoms with van der Waals surface area (Å²) in [5.74, 6) is -0.536. The predicted octanol–water partition coefficient (Wildman–Crippen LogP) is 6.03. The molecule has 1 fully saturated rings. The Hall–Kier alpha value is -4.19. The molecule has 0 bridgehead atoms. The van der Waals surface area contributed by atoms with Crippen molar-refractivity contribution in [1.29, 1.82) is 0 Å². The first-order valence-electron chi connectivity index (χ1n) is 12.0. The Kier molecular flexibility index (Phi) is 6.18. The van der Waals surface area contributed by atoms with E-state index >= 15 is 0 Å². The molecule has 1 heterocycles. The first kappa shape index (κ1) is 23.5. The van der Waals surface area contributed by atoms with E-state index in [9.17, 15) is 14.7 Å². The number of hydrogen-bond acceptors (Lipinski definition) is 5. The average Bonchev–Trinajstić information content (AvgIpc) is 3.63. The third-order valence-corrected chi connectivity index (χ3v) is 6.87. The second-order valence-corrected chi connectivity index (χ2v) is 9.44. The van der Waals surface area contributed by atoms with E-state index in [4.69, 9.17) is 9.26 Å². The van der Waals surface area contributed by atoms with E-state index in [1.54, 1.807) is 0 Å². The second-order valence-electron chi connectivity index (χ2n) is 9.44. The highest BCUT2D eigenvalue weighted by molar-refractivity contribution is 5.85. The molecule has 1 aliphatic carbocycles. The zero-order valence-corrected chi connectivity index (χ0v) is 20.3. The molecule has 36 heavy (non-hydrogen) atoms. The van der Waals surface area contributed by atoms with E-state index < -0.39 is 11.4 Å². The maximum absolute atomic E-state index is 12.6. The Morgan fingerprint density at radius 2 is 1.58 bits per heavy atom. The fourth-order valence-corrected chi connectivity index (χ4v) is 4.53. The Labute approximate surface area is 209 Å². The lowest BCUT2D eigenvalue weighted by Gasteiger charge is -2.11. The van der Waals surface area contributed by atoms with Crippen LogP contribution in [-0.4, -0.2) is 22.2 Å². The number of nitrogens with zero attached hydrogens (tertiary/aromatic N) is 1. The van der Waals surface area contributed by atoms with E-state index in [-0.39, 0.29) is 19.0 Å². The summed E-state index contributed by atoms with van der Waals surface area (Å²) in [7, 11) is 0. The molecular weight excluding hydrogens is 454 g/mol. The molecule has 0 aliphatic heterocycles. The van der Waals surface area contributed by atoms with Gasteiger partial charge in [0, 0.05) is 11.1 Å². The molecule has 1 N–H and O–H groups in total. The number of ether oxygens (including phenoxy) is 1. The first-order chi connectivity index (χ1) is 17.4. The first-order valence-corrected chi connectivity index (χ1v) is 12.0. The van der Waals surface area contributed by atoms with Crippen molar-refractivity contribution in [2.45, 2.75) is 45.1 Å². The van der Waals surface area contributed by atoms with E-state index in [1.165, 1.54) is 0 Å². The Balaban J connectivity index is 1.28. The molecule has 0 unspecified atom stereocenters. The number of aryl methyl sites for hydroxylation is 2. The summed E-state index contributed by atoms with van der Waals surface area (Å²) in [4.78, 5) is 24.1. The van der Waals surface area contributed by atoms with Gasteiger partial charge in [-0.1, -0.05) is 83.5 Å². The van der Waals surface area contributed by atoms with Crippen molar-refractivity contribution in [1.82, 2.24) is 5.16 Å². The summed E-state index contributed by atoms with van der Waals surface area (Å²) in [5, 5.41) is 13.6. The van der Waals surface area contributed by atoms with Crippen LogP contribution in [0.1, 0.15) is 40.8 Å². The van der Waals surface area contributed by atoms with Gasteiger partial charge in [-0.15, -0.1) is 0 Å². The number of carboxylic acid groups (broad SMARTS) is 1. The quantitative estimate of drug-likeness (QED) is 0.309. The topological polar surface area (TPSA) is 89.6 Å². The summed E-state index contributed by atoms with van der Waals surface area (Å²) >= 11 is 0. The van der Waals surface area contributed by atoms with Gasteiger partial charge in [-0.05, 0) is 48.9 Å². The Morgan fingerprint density at radius 1 is 0.944 bits per heavy atom.